The first kappa shape index (κ1) is 25.9. The lowest BCUT2D eigenvalue weighted by atomic mass is 9.79. The SMILES string of the molecule is CC[C@@H]1CN(Cc2cc([C@H](c3ccc4c(nnn4C)c3C)[C@@H](C)C(=O)O)ccc2C)Cc2ccccc2O1. The molecule has 0 unspecified atom stereocenters. The molecule has 1 aromatic heterocycles. The van der Waals surface area contributed by atoms with Crippen LogP contribution < -0.4 is 4.74 Å². The van der Waals surface area contributed by atoms with Gasteiger partial charge in [-0.25, -0.2) is 4.68 Å². The average molecular weight is 513 g/mol. The molecule has 2 heterocycles. The van der Waals surface area contributed by atoms with Gasteiger partial charge >= 0.3 is 5.97 Å². The number of carbonyl (C=O) groups is 1. The zero-order valence-electron chi connectivity index (χ0n) is 22.8. The summed E-state index contributed by atoms with van der Waals surface area (Å²) in [5.41, 5.74) is 8.31. The van der Waals surface area contributed by atoms with Gasteiger partial charge in [-0.15, -0.1) is 5.10 Å². The Bertz CT molecular complexity index is 1480. The van der Waals surface area contributed by atoms with E-state index in [1.807, 2.05) is 32.2 Å². The molecule has 0 aliphatic carbocycles. The van der Waals surface area contributed by atoms with Crippen LogP contribution in [0.2, 0.25) is 0 Å². The molecule has 0 spiro atoms. The van der Waals surface area contributed by atoms with Crippen molar-refractivity contribution in [2.24, 2.45) is 13.0 Å². The summed E-state index contributed by atoms with van der Waals surface area (Å²) in [6.07, 6.45) is 1.06. The van der Waals surface area contributed by atoms with E-state index in [0.29, 0.717) is 0 Å². The van der Waals surface area contributed by atoms with Crippen molar-refractivity contribution in [3.05, 3.63) is 88.0 Å². The molecular weight excluding hydrogens is 476 g/mol. The smallest absolute Gasteiger partial charge is 0.307 e. The molecule has 7 heteroatoms. The number of hydrogen-bond acceptors (Lipinski definition) is 5. The number of aliphatic carboxylic acids is 1. The number of carboxylic acids is 1. The largest absolute Gasteiger partial charge is 0.489 e. The normalized spacial score (nSPS) is 17.4. The van der Waals surface area contributed by atoms with E-state index in [1.54, 1.807) is 11.6 Å². The summed E-state index contributed by atoms with van der Waals surface area (Å²) in [4.78, 5) is 14.7. The Hall–Kier alpha value is -3.71. The molecule has 38 heavy (non-hydrogen) atoms. The Morgan fingerprint density at radius 1 is 1.16 bits per heavy atom. The molecular formula is C31H36N4O3. The number of fused-ring (bicyclic) bond motifs is 2. The Morgan fingerprint density at radius 2 is 1.95 bits per heavy atom. The molecule has 0 amide bonds. The summed E-state index contributed by atoms with van der Waals surface area (Å²) in [7, 11) is 1.87. The zero-order valence-corrected chi connectivity index (χ0v) is 22.8. The number of para-hydroxylation sites is 1. The van der Waals surface area contributed by atoms with Crippen LogP contribution in [0.1, 0.15) is 59.6 Å². The number of hydrogen-bond donors (Lipinski definition) is 1. The molecule has 1 N–H and O–H groups in total. The predicted molar refractivity (Wildman–Crippen MR) is 148 cm³/mol. The minimum absolute atomic E-state index is 0.128. The molecule has 1 aliphatic heterocycles. The van der Waals surface area contributed by atoms with Crippen molar-refractivity contribution in [3.8, 4) is 5.75 Å². The van der Waals surface area contributed by atoms with Crippen LogP contribution in [-0.2, 0) is 24.9 Å². The number of benzene rings is 3. The second-order valence-electron chi connectivity index (χ2n) is 10.6. The van der Waals surface area contributed by atoms with Gasteiger partial charge in [-0.05, 0) is 60.2 Å². The van der Waals surface area contributed by atoms with Gasteiger partial charge in [0, 0.05) is 38.2 Å². The van der Waals surface area contributed by atoms with Crippen LogP contribution in [0.25, 0.3) is 11.0 Å². The number of aryl methyl sites for hydroxylation is 3. The van der Waals surface area contributed by atoms with Crippen LogP contribution >= 0.6 is 0 Å². The third-order valence-electron chi connectivity index (χ3n) is 8.01. The molecule has 0 fully saturated rings. The van der Waals surface area contributed by atoms with Crippen molar-refractivity contribution in [2.45, 2.75) is 59.2 Å². The van der Waals surface area contributed by atoms with Crippen LogP contribution in [0.4, 0.5) is 0 Å². The van der Waals surface area contributed by atoms with Gasteiger partial charge in [-0.3, -0.25) is 9.69 Å². The molecule has 0 bridgehead atoms. The first-order chi connectivity index (χ1) is 18.3. The van der Waals surface area contributed by atoms with Gasteiger partial charge in [0.1, 0.15) is 17.4 Å². The maximum atomic E-state index is 12.3. The zero-order chi connectivity index (χ0) is 27.0. The van der Waals surface area contributed by atoms with Crippen LogP contribution in [0, 0.1) is 19.8 Å². The van der Waals surface area contributed by atoms with Crippen LogP contribution in [0.3, 0.4) is 0 Å². The number of ether oxygens (including phenoxy) is 1. The quantitative estimate of drug-likeness (QED) is 0.347. The van der Waals surface area contributed by atoms with Crippen molar-refractivity contribution in [2.75, 3.05) is 6.54 Å². The summed E-state index contributed by atoms with van der Waals surface area (Å²) in [5, 5.41) is 18.6. The Labute approximate surface area is 224 Å². The lowest BCUT2D eigenvalue weighted by Crippen LogP contribution is -2.32. The highest BCUT2D eigenvalue weighted by atomic mass is 16.5. The van der Waals surface area contributed by atoms with Gasteiger partial charge < -0.3 is 9.84 Å². The number of carboxylic acid groups (broad SMARTS) is 1. The van der Waals surface area contributed by atoms with E-state index in [1.165, 1.54) is 16.7 Å². The average Bonchev–Trinajstić information content (AvgIpc) is 3.18. The van der Waals surface area contributed by atoms with Crippen molar-refractivity contribution in [1.82, 2.24) is 19.9 Å². The van der Waals surface area contributed by atoms with E-state index in [0.717, 1.165) is 59.5 Å². The summed E-state index contributed by atoms with van der Waals surface area (Å²) in [6, 6.07) is 18.7. The Kier molecular flexibility index (Phi) is 7.21. The third-order valence-corrected chi connectivity index (χ3v) is 8.01. The highest BCUT2D eigenvalue weighted by Crippen LogP contribution is 2.37. The van der Waals surface area contributed by atoms with Crippen molar-refractivity contribution < 1.29 is 14.6 Å². The fourth-order valence-electron chi connectivity index (χ4n) is 5.65. The van der Waals surface area contributed by atoms with E-state index in [4.69, 9.17) is 4.74 Å². The van der Waals surface area contributed by atoms with E-state index in [2.05, 4.69) is 65.5 Å². The number of nitrogens with zero attached hydrogens (tertiary/aromatic N) is 4. The summed E-state index contributed by atoms with van der Waals surface area (Å²) in [5.74, 6) is -0.767. The number of aromatic nitrogens is 3. The predicted octanol–water partition coefficient (Wildman–Crippen LogP) is 5.61. The standard InChI is InChI=1S/C31H36N4O3/c1-6-25-18-35(16-23-9-7-8-10-28(23)38-25)17-24-15-22(12-11-19(24)2)29(21(4)31(36)37)26-13-14-27-30(20(26)3)32-33-34(27)5/h7-15,21,25,29H,6,16-18H2,1-5H3,(H,36,37)/t21-,25-,29-/m1/s1. The highest BCUT2D eigenvalue weighted by Gasteiger charge is 2.30. The third kappa shape index (κ3) is 4.90. The summed E-state index contributed by atoms with van der Waals surface area (Å²) >= 11 is 0. The Morgan fingerprint density at radius 3 is 2.71 bits per heavy atom. The second kappa shape index (κ2) is 10.6. The van der Waals surface area contributed by atoms with Crippen LogP contribution in [0.15, 0.2) is 54.6 Å². The van der Waals surface area contributed by atoms with Gasteiger partial charge in [0.05, 0.1) is 11.4 Å². The van der Waals surface area contributed by atoms with Gasteiger partial charge in [-0.2, -0.15) is 0 Å². The maximum absolute atomic E-state index is 12.3. The second-order valence-corrected chi connectivity index (χ2v) is 10.6. The van der Waals surface area contributed by atoms with E-state index in [9.17, 15) is 9.90 Å². The molecule has 4 aromatic rings. The highest BCUT2D eigenvalue weighted by molar-refractivity contribution is 5.80. The molecule has 3 atom stereocenters. The first-order valence-electron chi connectivity index (χ1n) is 13.3. The minimum atomic E-state index is -0.817. The molecule has 5 rings (SSSR count). The maximum Gasteiger partial charge on any atom is 0.307 e. The van der Waals surface area contributed by atoms with Crippen molar-refractivity contribution in [1.29, 1.82) is 0 Å². The fraction of sp³-hybridized carbons (Fsp3) is 0.387. The molecule has 0 saturated heterocycles. The lowest BCUT2D eigenvalue weighted by Gasteiger charge is -2.27. The topological polar surface area (TPSA) is 80.5 Å². The van der Waals surface area contributed by atoms with Gasteiger partial charge in [0.15, 0.2) is 0 Å². The van der Waals surface area contributed by atoms with Gasteiger partial charge in [0.25, 0.3) is 0 Å². The van der Waals surface area contributed by atoms with Crippen LogP contribution in [-0.4, -0.2) is 43.6 Å². The molecule has 1 aliphatic rings. The first-order valence-corrected chi connectivity index (χ1v) is 13.3. The van der Waals surface area contributed by atoms with E-state index < -0.39 is 11.9 Å². The molecule has 3 aromatic carbocycles. The molecule has 0 saturated carbocycles. The van der Waals surface area contributed by atoms with E-state index in [-0.39, 0.29) is 12.0 Å². The van der Waals surface area contributed by atoms with Crippen molar-refractivity contribution in [3.63, 3.8) is 0 Å². The van der Waals surface area contributed by atoms with E-state index >= 15 is 0 Å². The lowest BCUT2D eigenvalue weighted by molar-refractivity contribution is -0.141. The van der Waals surface area contributed by atoms with Gasteiger partial charge in [0.2, 0.25) is 0 Å². The summed E-state index contributed by atoms with van der Waals surface area (Å²) in [6.45, 7) is 10.5. The molecule has 0 radical (unpaired) electrons. The van der Waals surface area contributed by atoms with Crippen LogP contribution in [0.5, 0.6) is 5.75 Å². The molecule has 198 valence electrons. The molecule has 7 nitrogen and oxygen atoms in total. The fourth-order valence-corrected chi connectivity index (χ4v) is 5.65. The number of rotatable bonds is 7. The van der Waals surface area contributed by atoms with Gasteiger partial charge in [-0.1, -0.05) is 61.5 Å². The summed E-state index contributed by atoms with van der Waals surface area (Å²) < 4.78 is 8.06. The monoisotopic (exact) mass is 512 g/mol. The minimum Gasteiger partial charge on any atom is -0.489 e. The van der Waals surface area contributed by atoms with Crippen molar-refractivity contribution >= 4 is 17.0 Å². The Balaban J connectivity index is 1.53.